The van der Waals surface area contributed by atoms with E-state index >= 15 is 0 Å². The molecule has 1 spiro atoms. The maximum absolute atomic E-state index is 12.5. The lowest BCUT2D eigenvalue weighted by Crippen LogP contribution is -2.42. The molecule has 1 aromatic carbocycles. The van der Waals surface area contributed by atoms with Gasteiger partial charge in [0, 0.05) is 23.1 Å². The molecule has 0 bridgehead atoms. The summed E-state index contributed by atoms with van der Waals surface area (Å²) in [4.78, 5) is 14.5. The Balaban J connectivity index is 1.66. The summed E-state index contributed by atoms with van der Waals surface area (Å²) < 4.78 is 0.975. The number of hydrogen-bond acceptors (Lipinski definition) is 1. The summed E-state index contributed by atoms with van der Waals surface area (Å²) in [7, 11) is 0. The van der Waals surface area contributed by atoms with Gasteiger partial charge in [0.05, 0.1) is 0 Å². The zero-order valence-electron chi connectivity index (χ0n) is 11.2. The number of benzene rings is 1. The third-order valence-corrected chi connectivity index (χ3v) is 5.34. The molecule has 3 heteroatoms. The van der Waals surface area contributed by atoms with E-state index in [1.807, 2.05) is 29.2 Å². The van der Waals surface area contributed by atoms with Gasteiger partial charge in [-0.3, -0.25) is 4.79 Å². The van der Waals surface area contributed by atoms with Gasteiger partial charge in [-0.25, -0.2) is 0 Å². The Kier molecular flexibility index (Phi) is 3.66. The van der Waals surface area contributed by atoms with E-state index in [2.05, 4.69) is 15.9 Å². The van der Waals surface area contributed by atoms with Crippen molar-refractivity contribution in [1.82, 2.24) is 4.90 Å². The van der Waals surface area contributed by atoms with Crippen LogP contribution in [0, 0.1) is 5.41 Å². The van der Waals surface area contributed by atoms with Crippen molar-refractivity contribution in [3.8, 4) is 0 Å². The second kappa shape index (κ2) is 5.28. The van der Waals surface area contributed by atoms with Crippen molar-refractivity contribution in [2.45, 2.75) is 38.5 Å². The van der Waals surface area contributed by atoms with Crippen LogP contribution in [-0.4, -0.2) is 23.9 Å². The first-order valence-corrected chi connectivity index (χ1v) is 8.03. The SMILES string of the molecule is O=C(c1cccc(Br)c1)N1CCC2(CCCC2)CC1. The average molecular weight is 322 g/mol. The summed E-state index contributed by atoms with van der Waals surface area (Å²) in [5.41, 5.74) is 1.38. The molecular weight excluding hydrogens is 302 g/mol. The molecule has 1 heterocycles. The monoisotopic (exact) mass is 321 g/mol. The summed E-state index contributed by atoms with van der Waals surface area (Å²) in [5, 5.41) is 0. The lowest BCUT2D eigenvalue weighted by Gasteiger charge is -2.39. The smallest absolute Gasteiger partial charge is 0.253 e. The van der Waals surface area contributed by atoms with Crippen molar-refractivity contribution < 1.29 is 4.79 Å². The molecular formula is C16H20BrNO. The molecule has 0 unspecified atom stereocenters. The molecule has 0 aromatic heterocycles. The molecule has 0 atom stereocenters. The Morgan fingerprint density at radius 3 is 2.42 bits per heavy atom. The van der Waals surface area contributed by atoms with E-state index in [1.54, 1.807) is 0 Å². The number of amides is 1. The van der Waals surface area contributed by atoms with Crippen LogP contribution in [0.3, 0.4) is 0 Å². The van der Waals surface area contributed by atoms with E-state index in [9.17, 15) is 4.79 Å². The first-order chi connectivity index (χ1) is 9.19. The van der Waals surface area contributed by atoms with Crippen LogP contribution >= 0.6 is 15.9 Å². The van der Waals surface area contributed by atoms with Gasteiger partial charge < -0.3 is 4.90 Å². The molecule has 0 N–H and O–H groups in total. The highest BCUT2D eigenvalue weighted by molar-refractivity contribution is 9.10. The predicted molar refractivity (Wildman–Crippen MR) is 80.2 cm³/mol. The van der Waals surface area contributed by atoms with Crippen molar-refractivity contribution in [2.75, 3.05) is 13.1 Å². The molecule has 1 amide bonds. The van der Waals surface area contributed by atoms with Crippen LogP contribution in [0.1, 0.15) is 48.9 Å². The second-order valence-corrected chi connectivity index (χ2v) is 6.93. The quantitative estimate of drug-likeness (QED) is 0.757. The standard InChI is InChI=1S/C16H20BrNO/c17-14-5-3-4-13(12-14)15(19)18-10-8-16(9-11-18)6-1-2-7-16/h3-5,12H,1-2,6-11H2. The Labute approximate surface area is 123 Å². The fraction of sp³-hybridized carbons (Fsp3) is 0.562. The summed E-state index contributed by atoms with van der Waals surface area (Å²) in [6, 6.07) is 7.72. The van der Waals surface area contributed by atoms with Gasteiger partial charge in [0.15, 0.2) is 0 Å². The molecule has 2 aliphatic rings. The minimum atomic E-state index is 0.189. The zero-order chi connectivity index (χ0) is 13.3. The third-order valence-electron chi connectivity index (χ3n) is 4.85. The van der Waals surface area contributed by atoms with Crippen LogP contribution in [0.15, 0.2) is 28.7 Å². The van der Waals surface area contributed by atoms with Crippen LogP contribution < -0.4 is 0 Å². The molecule has 3 rings (SSSR count). The van der Waals surface area contributed by atoms with Gasteiger partial charge in [-0.1, -0.05) is 34.8 Å². The Morgan fingerprint density at radius 2 is 1.79 bits per heavy atom. The third kappa shape index (κ3) is 2.71. The summed E-state index contributed by atoms with van der Waals surface area (Å²) in [6.07, 6.45) is 7.94. The molecule has 0 radical (unpaired) electrons. The topological polar surface area (TPSA) is 20.3 Å². The van der Waals surface area contributed by atoms with Crippen molar-refractivity contribution in [2.24, 2.45) is 5.41 Å². The number of carbonyl (C=O) groups excluding carboxylic acids is 1. The maximum Gasteiger partial charge on any atom is 0.253 e. The predicted octanol–water partition coefficient (Wildman–Crippen LogP) is 4.25. The van der Waals surface area contributed by atoms with E-state index in [0.29, 0.717) is 5.41 Å². The highest BCUT2D eigenvalue weighted by Gasteiger charge is 2.37. The minimum Gasteiger partial charge on any atom is -0.339 e. The van der Waals surface area contributed by atoms with E-state index in [1.165, 1.54) is 38.5 Å². The van der Waals surface area contributed by atoms with Gasteiger partial charge in [0.1, 0.15) is 0 Å². The number of likely N-dealkylation sites (tertiary alicyclic amines) is 1. The van der Waals surface area contributed by atoms with Crippen molar-refractivity contribution in [3.63, 3.8) is 0 Å². The van der Waals surface area contributed by atoms with Gasteiger partial charge in [0.2, 0.25) is 0 Å². The van der Waals surface area contributed by atoms with Crippen LogP contribution in [0.5, 0.6) is 0 Å². The van der Waals surface area contributed by atoms with Crippen LogP contribution in [0.25, 0.3) is 0 Å². The van der Waals surface area contributed by atoms with Crippen LogP contribution in [-0.2, 0) is 0 Å². The number of halogens is 1. The number of nitrogens with zero attached hydrogens (tertiary/aromatic N) is 1. The van der Waals surface area contributed by atoms with E-state index in [4.69, 9.17) is 0 Å². The van der Waals surface area contributed by atoms with Gasteiger partial charge >= 0.3 is 0 Å². The largest absolute Gasteiger partial charge is 0.339 e. The number of carbonyl (C=O) groups is 1. The van der Waals surface area contributed by atoms with Crippen molar-refractivity contribution >= 4 is 21.8 Å². The number of hydrogen-bond donors (Lipinski definition) is 0. The Hall–Kier alpha value is -0.830. The van der Waals surface area contributed by atoms with Crippen molar-refractivity contribution in [1.29, 1.82) is 0 Å². The van der Waals surface area contributed by atoms with E-state index in [0.717, 1.165) is 23.1 Å². The molecule has 1 saturated heterocycles. The normalized spacial score (nSPS) is 21.8. The van der Waals surface area contributed by atoms with Crippen LogP contribution in [0.2, 0.25) is 0 Å². The van der Waals surface area contributed by atoms with Gasteiger partial charge in [0.25, 0.3) is 5.91 Å². The van der Waals surface area contributed by atoms with E-state index < -0.39 is 0 Å². The molecule has 1 aliphatic heterocycles. The van der Waals surface area contributed by atoms with Gasteiger partial charge in [-0.05, 0) is 49.3 Å². The highest BCUT2D eigenvalue weighted by Crippen LogP contribution is 2.46. The first kappa shape index (κ1) is 13.2. The maximum atomic E-state index is 12.5. The van der Waals surface area contributed by atoms with Crippen LogP contribution in [0.4, 0.5) is 0 Å². The molecule has 19 heavy (non-hydrogen) atoms. The molecule has 1 saturated carbocycles. The molecule has 2 fully saturated rings. The molecule has 1 aliphatic carbocycles. The lowest BCUT2D eigenvalue weighted by molar-refractivity contribution is 0.0587. The fourth-order valence-electron chi connectivity index (χ4n) is 3.61. The molecule has 2 nitrogen and oxygen atoms in total. The van der Waals surface area contributed by atoms with Gasteiger partial charge in [-0.15, -0.1) is 0 Å². The highest BCUT2D eigenvalue weighted by atomic mass is 79.9. The summed E-state index contributed by atoms with van der Waals surface area (Å²) >= 11 is 3.43. The number of piperidine rings is 1. The van der Waals surface area contributed by atoms with Crippen molar-refractivity contribution in [3.05, 3.63) is 34.3 Å². The molecule has 1 aromatic rings. The first-order valence-electron chi connectivity index (χ1n) is 7.23. The summed E-state index contributed by atoms with van der Waals surface area (Å²) in [6.45, 7) is 1.87. The second-order valence-electron chi connectivity index (χ2n) is 6.01. The fourth-order valence-corrected chi connectivity index (χ4v) is 4.01. The molecule has 102 valence electrons. The lowest BCUT2D eigenvalue weighted by atomic mass is 9.77. The average Bonchev–Trinajstić information content (AvgIpc) is 2.87. The number of rotatable bonds is 1. The zero-order valence-corrected chi connectivity index (χ0v) is 12.8. The Bertz CT molecular complexity index is 469. The van der Waals surface area contributed by atoms with Gasteiger partial charge in [-0.2, -0.15) is 0 Å². The summed E-state index contributed by atoms with van der Waals surface area (Å²) in [5.74, 6) is 0.189. The minimum absolute atomic E-state index is 0.189. The Morgan fingerprint density at radius 1 is 1.11 bits per heavy atom. The van der Waals surface area contributed by atoms with E-state index in [-0.39, 0.29) is 5.91 Å².